The number of anilines is 1. The first kappa shape index (κ1) is 26.0. The van der Waals surface area contributed by atoms with E-state index in [-0.39, 0.29) is 17.8 Å². The van der Waals surface area contributed by atoms with Crippen molar-refractivity contribution in [2.75, 3.05) is 57.3 Å². The molecule has 0 saturated carbocycles. The van der Waals surface area contributed by atoms with Gasteiger partial charge in [-0.1, -0.05) is 48.3 Å². The number of rotatable bonds is 7. The lowest BCUT2D eigenvalue weighted by Gasteiger charge is -2.35. The molecule has 1 saturated heterocycles. The van der Waals surface area contributed by atoms with Crippen LogP contribution >= 0.6 is 23.2 Å². The Bertz CT molecular complexity index is 1020. The highest BCUT2D eigenvalue weighted by molar-refractivity contribution is 6.31. The molecule has 2 aliphatic rings. The number of esters is 1. The Morgan fingerprint density at radius 3 is 2.34 bits per heavy atom. The molecule has 1 atom stereocenters. The topological polar surface area (TPSA) is 53.1 Å². The monoisotopic (exact) mass is 517 g/mol. The number of benzene rings is 2. The van der Waals surface area contributed by atoms with Gasteiger partial charge < -0.3 is 9.64 Å². The zero-order valence-corrected chi connectivity index (χ0v) is 21.7. The summed E-state index contributed by atoms with van der Waals surface area (Å²) in [4.78, 5) is 31.2. The Kier molecular flexibility index (Phi) is 9.06. The first-order chi connectivity index (χ1) is 16.9. The molecule has 1 amide bonds. The minimum atomic E-state index is -0.162. The predicted octanol–water partition coefficient (Wildman–Crippen LogP) is 4.82. The quantitative estimate of drug-likeness (QED) is 0.492. The van der Waals surface area contributed by atoms with E-state index in [1.165, 1.54) is 5.56 Å². The van der Waals surface area contributed by atoms with Gasteiger partial charge in [-0.2, -0.15) is 0 Å². The van der Waals surface area contributed by atoms with Gasteiger partial charge >= 0.3 is 5.97 Å². The fourth-order valence-electron chi connectivity index (χ4n) is 4.91. The molecule has 2 heterocycles. The molecule has 0 aliphatic carbocycles. The highest BCUT2D eigenvalue weighted by Crippen LogP contribution is 2.40. The number of ether oxygens (including phenoxy) is 1. The number of nitrogens with zero attached hydrogens (tertiary/aromatic N) is 3. The van der Waals surface area contributed by atoms with Crippen LogP contribution in [0.4, 0.5) is 5.69 Å². The van der Waals surface area contributed by atoms with E-state index in [9.17, 15) is 9.59 Å². The highest BCUT2D eigenvalue weighted by Gasteiger charge is 2.29. The summed E-state index contributed by atoms with van der Waals surface area (Å²) in [6.07, 6.45) is 2.28. The predicted molar refractivity (Wildman–Crippen MR) is 140 cm³/mol. The third-order valence-corrected chi connectivity index (χ3v) is 7.38. The lowest BCUT2D eigenvalue weighted by atomic mass is 9.87. The lowest BCUT2D eigenvalue weighted by Crippen LogP contribution is -2.50. The van der Waals surface area contributed by atoms with Gasteiger partial charge in [0.15, 0.2) is 0 Å². The van der Waals surface area contributed by atoms with E-state index in [0.717, 1.165) is 61.8 Å². The molecule has 4 rings (SSSR count). The van der Waals surface area contributed by atoms with Crippen LogP contribution in [0.3, 0.4) is 0 Å². The molecule has 0 N–H and O–H groups in total. The molecule has 6 nitrogen and oxygen atoms in total. The van der Waals surface area contributed by atoms with E-state index in [2.05, 4.69) is 28.0 Å². The van der Waals surface area contributed by atoms with Crippen molar-refractivity contribution in [3.05, 3.63) is 63.6 Å². The molecule has 0 radical (unpaired) electrons. The Hall–Kier alpha value is -2.12. The average molecular weight is 518 g/mol. The van der Waals surface area contributed by atoms with E-state index >= 15 is 0 Å². The molecular weight excluding hydrogens is 485 g/mol. The summed E-state index contributed by atoms with van der Waals surface area (Å²) in [6, 6.07) is 13.9. The Morgan fingerprint density at radius 1 is 0.943 bits per heavy atom. The van der Waals surface area contributed by atoms with Crippen molar-refractivity contribution in [1.29, 1.82) is 0 Å². The van der Waals surface area contributed by atoms with Crippen molar-refractivity contribution in [2.24, 2.45) is 0 Å². The molecule has 0 aromatic heterocycles. The van der Waals surface area contributed by atoms with E-state index in [4.69, 9.17) is 27.9 Å². The number of hydrogen-bond acceptors (Lipinski definition) is 5. The maximum Gasteiger partial charge on any atom is 0.305 e. The van der Waals surface area contributed by atoms with Crippen LogP contribution in [0.5, 0.6) is 0 Å². The van der Waals surface area contributed by atoms with E-state index in [1.807, 2.05) is 29.2 Å². The average Bonchev–Trinajstić information content (AvgIpc) is 3.05. The normalized spacial score (nSPS) is 19.2. The number of amides is 1. The minimum absolute atomic E-state index is 0.107. The summed E-state index contributed by atoms with van der Waals surface area (Å²) in [7, 11) is 0. The third-order valence-electron chi connectivity index (χ3n) is 6.89. The standard InChI is InChI=1S/C27H33Cl2N3O3/c1-2-27(34)35-17-16-30-12-14-31(15-13-30)19-26(33)32-11-3-4-23(20-5-7-21(28)8-6-20)24-10-9-22(29)18-25(24)32/h5-10,18,23H,2-4,11-17,19H2,1H3. The molecule has 2 aromatic carbocycles. The molecule has 0 bridgehead atoms. The van der Waals surface area contributed by atoms with Gasteiger partial charge in [0.25, 0.3) is 0 Å². The maximum absolute atomic E-state index is 13.5. The van der Waals surface area contributed by atoms with E-state index < -0.39 is 0 Å². The first-order valence-electron chi connectivity index (χ1n) is 12.4. The molecule has 8 heteroatoms. The van der Waals surface area contributed by atoms with Crippen LogP contribution in [0.1, 0.15) is 43.2 Å². The van der Waals surface area contributed by atoms with E-state index in [0.29, 0.717) is 31.1 Å². The SMILES string of the molecule is CCC(=O)OCCN1CCN(CC(=O)N2CCCC(c3ccc(Cl)cc3)c3ccc(Cl)cc32)CC1. The Morgan fingerprint density at radius 2 is 1.63 bits per heavy atom. The fourth-order valence-corrected chi connectivity index (χ4v) is 5.21. The van der Waals surface area contributed by atoms with Crippen LogP contribution in [0.15, 0.2) is 42.5 Å². The Labute approximate surface area is 217 Å². The van der Waals surface area contributed by atoms with Crippen molar-refractivity contribution in [3.63, 3.8) is 0 Å². The van der Waals surface area contributed by atoms with Gasteiger partial charge in [-0.05, 0) is 48.2 Å². The molecule has 2 aliphatic heterocycles. The van der Waals surface area contributed by atoms with Crippen molar-refractivity contribution < 1.29 is 14.3 Å². The molecule has 1 unspecified atom stereocenters. The number of carbonyl (C=O) groups excluding carboxylic acids is 2. The van der Waals surface area contributed by atoms with Crippen LogP contribution in [0, 0.1) is 0 Å². The van der Waals surface area contributed by atoms with Gasteiger partial charge in [0.05, 0.1) is 6.54 Å². The summed E-state index contributed by atoms with van der Waals surface area (Å²) in [5.74, 6) is 0.142. The van der Waals surface area contributed by atoms with Gasteiger partial charge in [0.2, 0.25) is 5.91 Å². The number of hydrogen-bond donors (Lipinski definition) is 0. The van der Waals surface area contributed by atoms with Crippen LogP contribution < -0.4 is 4.90 Å². The molecule has 1 fully saturated rings. The number of halogens is 2. The van der Waals surface area contributed by atoms with Gasteiger partial charge in [-0.15, -0.1) is 0 Å². The molecular formula is C27H33Cl2N3O3. The second-order valence-electron chi connectivity index (χ2n) is 9.19. The summed E-state index contributed by atoms with van der Waals surface area (Å²) in [6.45, 7) is 7.37. The minimum Gasteiger partial charge on any atom is -0.464 e. The van der Waals surface area contributed by atoms with Crippen LogP contribution in [-0.2, 0) is 14.3 Å². The second-order valence-corrected chi connectivity index (χ2v) is 10.1. The molecule has 0 spiro atoms. The third kappa shape index (κ3) is 6.76. The smallest absolute Gasteiger partial charge is 0.305 e. The number of carbonyl (C=O) groups is 2. The zero-order valence-electron chi connectivity index (χ0n) is 20.2. The molecule has 188 valence electrons. The van der Waals surface area contributed by atoms with Gasteiger partial charge in [0.1, 0.15) is 6.61 Å². The number of fused-ring (bicyclic) bond motifs is 1. The second kappa shape index (κ2) is 12.2. The summed E-state index contributed by atoms with van der Waals surface area (Å²) in [5, 5.41) is 1.35. The van der Waals surface area contributed by atoms with Crippen LogP contribution in [0.2, 0.25) is 10.0 Å². The fraction of sp³-hybridized carbons (Fsp3) is 0.481. The summed E-state index contributed by atoms with van der Waals surface area (Å²) in [5.41, 5.74) is 3.25. The van der Waals surface area contributed by atoms with Crippen molar-refractivity contribution in [2.45, 2.75) is 32.1 Å². The van der Waals surface area contributed by atoms with E-state index in [1.54, 1.807) is 6.92 Å². The largest absolute Gasteiger partial charge is 0.464 e. The van der Waals surface area contributed by atoms with Crippen LogP contribution in [-0.4, -0.2) is 74.1 Å². The van der Waals surface area contributed by atoms with Gasteiger partial charge in [-0.3, -0.25) is 19.4 Å². The summed E-state index contributed by atoms with van der Waals surface area (Å²) >= 11 is 12.5. The highest BCUT2D eigenvalue weighted by atomic mass is 35.5. The molecule has 35 heavy (non-hydrogen) atoms. The van der Waals surface area contributed by atoms with Crippen LogP contribution in [0.25, 0.3) is 0 Å². The maximum atomic E-state index is 13.5. The van der Waals surface area contributed by atoms with Gasteiger partial charge in [-0.25, -0.2) is 0 Å². The van der Waals surface area contributed by atoms with Gasteiger partial charge in [0, 0.05) is 67.3 Å². The summed E-state index contributed by atoms with van der Waals surface area (Å²) < 4.78 is 5.19. The number of piperazine rings is 1. The molecule has 2 aromatic rings. The first-order valence-corrected chi connectivity index (χ1v) is 13.2. The zero-order chi connectivity index (χ0) is 24.8. The lowest BCUT2D eigenvalue weighted by molar-refractivity contribution is -0.143. The Balaban J connectivity index is 1.40. The van der Waals surface area contributed by atoms with Crippen molar-refractivity contribution in [1.82, 2.24) is 9.80 Å². The van der Waals surface area contributed by atoms with Crippen molar-refractivity contribution in [3.8, 4) is 0 Å². The van der Waals surface area contributed by atoms with Crippen molar-refractivity contribution >= 4 is 40.8 Å².